The van der Waals surface area contributed by atoms with Crippen LogP contribution in [0.2, 0.25) is 0 Å². The third kappa shape index (κ3) is 4.11. The van der Waals surface area contributed by atoms with Crippen LogP contribution in [0.3, 0.4) is 0 Å². The second kappa shape index (κ2) is 7.12. The van der Waals surface area contributed by atoms with Crippen LogP contribution in [0.25, 0.3) is 6.08 Å². The summed E-state index contributed by atoms with van der Waals surface area (Å²) in [6.07, 6.45) is 8.48. The minimum Gasteiger partial charge on any atom is -0.370 e. The van der Waals surface area contributed by atoms with Gasteiger partial charge in [-0.2, -0.15) is 0 Å². The SMILES string of the molecule is O=C(COC/C=C/c1ccccc1)C1CCCC1. The fourth-order valence-corrected chi connectivity index (χ4v) is 2.34. The van der Waals surface area contributed by atoms with Crippen molar-refractivity contribution in [2.75, 3.05) is 13.2 Å². The van der Waals surface area contributed by atoms with Crippen LogP contribution in [-0.2, 0) is 9.53 Å². The third-order valence-electron chi connectivity index (χ3n) is 3.38. The number of ether oxygens (including phenoxy) is 1. The first kappa shape index (κ1) is 13.0. The zero-order valence-electron chi connectivity index (χ0n) is 10.7. The van der Waals surface area contributed by atoms with Gasteiger partial charge in [0.15, 0.2) is 5.78 Å². The van der Waals surface area contributed by atoms with E-state index in [0.29, 0.717) is 6.61 Å². The van der Waals surface area contributed by atoms with Gasteiger partial charge in [0, 0.05) is 5.92 Å². The summed E-state index contributed by atoms with van der Waals surface area (Å²) in [7, 11) is 0. The summed E-state index contributed by atoms with van der Waals surface area (Å²) in [6, 6.07) is 10.1. The molecule has 1 aliphatic rings. The number of benzene rings is 1. The second-order valence-electron chi connectivity index (χ2n) is 4.78. The minimum atomic E-state index is 0.267. The van der Waals surface area contributed by atoms with Gasteiger partial charge in [0.2, 0.25) is 0 Å². The summed E-state index contributed by atoms with van der Waals surface area (Å²) in [5.74, 6) is 0.545. The van der Waals surface area contributed by atoms with Gasteiger partial charge in [-0.15, -0.1) is 0 Å². The van der Waals surface area contributed by atoms with Crippen molar-refractivity contribution in [1.82, 2.24) is 0 Å². The molecule has 96 valence electrons. The van der Waals surface area contributed by atoms with E-state index in [-0.39, 0.29) is 18.3 Å². The molecule has 1 fully saturated rings. The molecule has 0 amide bonds. The fraction of sp³-hybridized carbons (Fsp3) is 0.438. The molecule has 2 heteroatoms. The van der Waals surface area contributed by atoms with Crippen LogP contribution in [-0.4, -0.2) is 19.0 Å². The lowest BCUT2D eigenvalue weighted by Crippen LogP contribution is -2.17. The average molecular weight is 244 g/mol. The number of Topliss-reactive ketones (excluding diaryl/α,β-unsaturated/α-hetero) is 1. The zero-order valence-corrected chi connectivity index (χ0v) is 10.7. The number of ketones is 1. The van der Waals surface area contributed by atoms with Gasteiger partial charge in [0.25, 0.3) is 0 Å². The molecular formula is C16H20O2. The molecule has 18 heavy (non-hydrogen) atoms. The van der Waals surface area contributed by atoms with Crippen molar-refractivity contribution in [3.05, 3.63) is 42.0 Å². The zero-order chi connectivity index (χ0) is 12.6. The van der Waals surface area contributed by atoms with Crippen molar-refractivity contribution >= 4 is 11.9 Å². The van der Waals surface area contributed by atoms with Crippen LogP contribution in [0.1, 0.15) is 31.2 Å². The summed E-state index contributed by atoms with van der Waals surface area (Å²) < 4.78 is 5.39. The Balaban J connectivity index is 1.64. The number of hydrogen-bond acceptors (Lipinski definition) is 2. The van der Waals surface area contributed by atoms with Crippen molar-refractivity contribution in [3.63, 3.8) is 0 Å². The Morgan fingerprint density at radius 2 is 1.94 bits per heavy atom. The molecule has 1 aliphatic carbocycles. The summed E-state index contributed by atoms with van der Waals surface area (Å²) in [5.41, 5.74) is 1.16. The Labute approximate surface area is 109 Å². The van der Waals surface area contributed by atoms with Crippen LogP contribution >= 0.6 is 0 Å². The first-order chi connectivity index (χ1) is 8.86. The van der Waals surface area contributed by atoms with Crippen molar-refractivity contribution in [1.29, 1.82) is 0 Å². The van der Waals surface area contributed by atoms with E-state index < -0.39 is 0 Å². The van der Waals surface area contributed by atoms with Crippen LogP contribution in [0.5, 0.6) is 0 Å². The predicted molar refractivity (Wildman–Crippen MR) is 73.3 cm³/mol. The molecule has 0 aromatic heterocycles. The van der Waals surface area contributed by atoms with Crippen molar-refractivity contribution in [2.24, 2.45) is 5.92 Å². The molecule has 0 N–H and O–H groups in total. The highest BCUT2D eigenvalue weighted by Gasteiger charge is 2.21. The Hall–Kier alpha value is -1.41. The topological polar surface area (TPSA) is 26.3 Å². The van der Waals surface area contributed by atoms with Crippen molar-refractivity contribution in [3.8, 4) is 0 Å². The highest BCUT2D eigenvalue weighted by atomic mass is 16.5. The molecule has 0 saturated heterocycles. The lowest BCUT2D eigenvalue weighted by Gasteiger charge is -2.06. The molecule has 0 unspecified atom stereocenters. The Morgan fingerprint density at radius 1 is 1.22 bits per heavy atom. The van der Waals surface area contributed by atoms with Gasteiger partial charge < -0.3 is 4.74 Å². The van der Waals surface area contributed by atoms with Gasteiger partial charge in [0.05, 0.1) is 6.61 Å². The first-order valence-corrected chi connectivity index (χ1v) is 6.68. The Bertz CT molecular complexity index is 389. The molecule has 0 heterocycles. The smallest absolute Gasteiger partial charge is 0.161 e. The molecule has 1 aromatic carbocycles. The van der Waals surface area contributed by atoms with E-state index in [4.69, 9.17) is 4.74 Å². The highest BCUT2D eigenvalue weighted by Crippen LogP contribution is 2.25. The fourth-order valence-electron chi connectivity index (χ4n) is 2.34. The van der Waals surface area contributed by atoms with E-state index in [1.54, 1.807) is 0 Å². The second-order valence-corrected chi connectivity index (χ2v) is 4.78. The van der Waals surface area contributed by atoms with Crippen LogP contribution < -0.4 is 0 Å². The van der Waals surface area contributed by atoms with Gasteiger partial charge in [-0.3, -0.25) is 4.79 Å². The molecule has 0 aliphatic heterocycles. The molecule has 1 saturated carbocycles. The molecule has 0 bridgehead atoms. The van der Waals surface area contributed by atoms with Gasteiger partial charge in [0.1, 0.15) is 6.61 Å². The normalized spacial score (nSPS) is 16.4. The Kier molecular flexibility index (Phi) is 5.15. The maximum absolute atomic E-state index is 11.7. The summed E-state index contributed by atoms with van der Waals surface area (Å²) in [6.45, 7) is 0.775. The van der Waals surface area contributed by atoms with Crippen LogP contribution in [0.15, 0.2) is 36.4 Å². The molecule has 2 nitrogen and oxygen atoms in total. The minimum absolute atomic E-state index is 0.267. The van der Waals surface area contributed by atoms with Crippen molar-refractivity contribution < 1.29 is 9.53 Å². The Morgan fingerprint density at radius 3 is 2.67 bits per heavy atom. The largest absolute Gasteiger partial charge is 0.370 e. The standard InChI is InChI=1S/C16H20O2/c17-16(15-10-4-5-11-15)13-18-12-6-9-14-7-2-1-3-8-14/h1-3,6-9,15H,4-5,10-13H2/b9-6+. The number of hydrogen-bond donors (Lipinski definition) is 0. The van der Waals surface area contributed by atoms with E-state index in [2.05, 4.69) is 0 Å². The van der Waals surface area contributed by atoms with Crippen LogP contribution in [0, 0.1) is 5.92 Å². The maximum Gasteiger partial charge on any atom is 0.161 e. The van der Waals surface area contributed by atoms with E-state index in [0.717, 1.165) is 18.4 Å². The van der Waals surface area contributed by atoms with Gasteiger partial charge >= 0.3 is 0 Å². The average Bonchev–Trinajstić information content (AvgIpc) is 2.93. The third-order valence-corrected chi connectivity index (χ3v) is 3.38. The molecule has 2 rings (SSSR count). The van der Waals surface area contributed by atoms with E-state index >= 15 is 0 Å². The lowest BCUT2D eigenvalue weighted by molar-refractivity contribution is -0.126. The summed E-state index contributed by atoms with van der Waals surface area (Å²) >= 11 is 0. The predicted octanol–water partition coefficient (Wildman–Crippen LogP) is 3.48. The molecule has 0 radical (unpaired) electrons. The lowest BCUT2D eigenvalue weighted by atomic mass is 10.0. The van der Waals surface area contributed by atoms with E-state index in [1.165, 1.54) is 12.8 Å². The highest BCUT2D eigenvalue weighted by molar-refractivity contribution is 5.82. The van der Waals surface area contributed by atoms with Crippen molar-refractivity contribution in [2.45, 2.75) is 25.7 Å². The molecular weight excluding hydrogens is 224 g/mol. The molecule has 0 spiro atoms. The van der Waals surface area contributed by atoms with E-state index in [1.807, 2.05) is 42.5 Å². The first-order valence-electron chi connectivity index (χ1n) is 6.68. The number of carbonyl (C=O) groups is 1. The molecule has 0 atom stereocenters. The summed E-state index contributed by atoms with van der Waals surface area (Å²) in [5, 5.41) is 0. The van der Waals surface area contributed by atoms with E-state index in [9.17, 15) is 4.79 Å². The van der Waals surface area contributed by atoms with Gasteiger partial charge in [-0.1, -0.05) is 55.3 Å². The quantitative estimate of drug-likeness (QED) is 0.716. The number of carbonyl (C=O) groups excluding carboxylic acids is 1. The van der Waals surface area contributed by atoms with Crippen LogP contribution in [0.4, 0.5) is 0 Å². The van der Waals surface area contributed by atoms with Gasteiger partial charge in [-0.05, 0) is 18.4 Å². The number of rotatable bonds is 6. The molecule has 1 aromatic rings. The van der Waals surface area contributed by atoms with Gasteiger partial charge in [-0.25, -0.2) is 0 Å². The monoisotopic (exact) mass is 244 g/mol. The summed E-state index contributed by atoms with van der Waals surface area (Å²) in [4.78, 5) is 11.7. The maximum atomic E-state index is 11.7.